The number of rotatable bonds is 2. The van der Waals surface area contributed by atoms with Gasteiger partial charge in [-0.15, -0.1) is 0 Å². The lowest BCUT2D eigenvalue weighted by atomic mass is 10.1. The first-order chi connectivity index (χ1) is 8.31. The van der Waals surface area contributed by atoms with Crippen LogP contribution in [0.1, 0.15) is 11.1 Å². The molecule has 2 aromatic heterocycles. The average Bonchev–Trinajstić information content (AvgIpc) is 2.70. The Morgan fingerprint density at radius 1 is 1.18 bits per heavy atom. The summed E-state index contributed by atoms with van der Waals surface area (Å²) in [6.07, 6.45) is 2.53. The number of hydrogen-bond acceptors (Lipinski definition) is 3. The van der Waals surface area contributed by atoms with Crippen LogP contribution in [0.25, 0.3) is 11.2 Å². The normalized spacial score (nSPS) is 10.8. The van der Waals surface area contributed by atoms with Crippen LogP contribution in [0.4, 0.5) is 0 Å². The fraction of sp³-hybridized carbons (Fsp3) is 0.0769. The second-order valence-corrected chi connectivity index (χ2v) is 3.87. The second-order valence-electron chi connectivity index (χ2n) is 3.87. The molecule has 0 aliphatic rings. The minimum atomic E-state index is -0.468. The van der Waals surface area contributed by atoms with Gasteiger partial charge in [-0.05, 0) is 23.6 Å². The first-order valence-corrected chi connectivity index (χ1v) is 5.33. The third kappa shape index (κ3) is 1.97. The second kappa shape index (κ2) is 3.90. The van der Waals surface area contributed by atoms with Crippen molar-refractivity contribution < 1.29 is 4.42 Å². The molecule has 1 N–H and O–H groups in total. The van der Waals surface area contributed by atoms with Gasteiger partial charge in [-0.2, -0.15) is 0 Å². The average molecular weight is 226 g/mol. The van der Waals surface area contributed by atoms with Crippen LogP contribution >= 0.6 is 0 Å². The molecular formula is C13H10N2O2. The molecule has 2 heterocycles. The summed E-state index contributed by atoms with van der Waals surface area (Å²) in [6, 6.07) is 11.9. The highest BCUT2D eigenvalue weighted by Crippen LogP contribution is 2.13. The van der Waals surface area contributed by atoms with Crippen molar-refractivity contribution >= 4 is 11.2 Å². The molecule has 0 aliphatic heterocycles. The summed E-state index contributed by atoms with van der Waals surface area (Å²) in [5.41, 5.74) is 3.22. The first-order valence-electron chi connectivity index (χ1n) is 5.33. The van der Waals surface area contributed by atoms with E-state index in [4.69, 9.17) is 4.42 Å². The van der Waals surface area contributed by atoms with E-state index >= 15 is 0 Å². The van der Waals surface area contributed by atoms with Gasteiger partial charge >= 0.3 is 5.76 Å². The monoisotopic (exact) mass is 226 g/mol. The lowest BCUT2D eigenvalue weighted by molar-refractivity contribution is 0.555. The van der Waals surface area contributed by atoms with Gasteiger partial charge in [-0.3, -0.25) is 4.98 Å². The molecule has 3 aromatic rings. The van der Waals surface area contributed by atoms with Crippen LogP contribution < -0.4 is 5.76 Å². The van der Waals surface area contributed by atoms with Crippen molar-refractivity contribution in [2.45, 2.75) is 6.42 Å². The smallest absolute Gasteiger partial charge is 0.406 e. The largest absolute Gasteiger partial charge is 0.418 e. The third-order valence-corrected chi connectivity index (χ3v) is 2.58. The maximum absolute atomic E-state index is 11.0. The number of oxazole rings is 1. The number of H-pyrrole nitrogens is 1. The topological polar surface area (TPSA) is 58.9 Å². The quantitative estimate of drug-likeness (QED) is 0.728. The van der Waals surface area contributed by atoms with Crippen LogP contribution in [-0.4, -0.2) is 9.97 Å². The molecule has 0 saturated heterocycles. The number of pyridine rings is 1. The molecule has 17 heavy (non-hydrogen) atoms. The molecular weight excluding hydrogens is 216 g/mol. The molecule has 4 heteroatoms. The summed E-state index contributed by atoms with van der Waals surface area (Å²) >= 11 is 0. The van der Waals surface area contributed by atoms with E-state index in [2.05, 4.69) is 22.1 Å². The van der Waals surface area contributed by atoms with Crippen LogP contribution in [0.5, 0.6) is 0 Å². The van der Waals surface area contributed by atoms with Crippen LogP contribution in [0.3, 0.4) is 0 Å². The van der Waals surface area contributed by atoms with E-state index < -0.39 is 5.76 Å². The lowest BCUT2D eigenvalue weighted by Crippen LogP contribution is -1.93. The highest BCUT2D eigenvalue weighted by Gasteiger charge is 2.04. The third-order valence-electron chi connectivity index (χ3n) is 2.58. The molecule has 0 bridgehead atoms. The van der Waals surface area contributed by atoms with Crippen molar-refractivity contribution in [1.29, 1.82) is 0 Å². The molecule has 0 saturated carbocycles. The lowest BCUT2D eigenvalue weighted by Gasteiger charge is -2.00. The number of nitrogens with one attached hydrogen (secondary N) is 1. The Kier molecular flexibility index (Phi) is 2.26. The number of aromatic amines is 1. The molecule has 4 nitrogen and oxygen atoms in total. The predicted octanol–water partition coefficient (Wildman–Crippen LogP) is 2.11. The van der Waals surface area contributed by atoms with E-state index in [0.29, 0.717) is 11.2 Å². The van der Waals surface area contributed by atoms with Crippen molar-refractivity contribution in [2.75, 3.05) is 0 Å². The maximum Gasteiger partial charge on any atom is 0.418 e. The minimum Gasteiger partial charge on any atom is -0.406 e. The van der Waals surface area contributed by atoms with Gasteiger partial charge in [-0.25, -0.2) is 9.78 Å². The van der Waals surface area contributed by atoms with Gasteiger partial charge in [0.05, 0.1) is 0 Å². The maximum atomic E-state index is 11.0. The molecule has 0 atom stereocenters. The Balaban J connectivity index is 1.98. The highest BCUT2D eigenvalue weighted by atomic mass is 16.4. The number of fused-ring (bicyclic) bond motifs is 1. The Morgan fingerprint density at radius 3 is 2.82 bits per heavy atom. The molecule has 0 radical (unpaired) electrons. The van der Waals surface area contributed by atoms with E-state index in [1.807, 2.05) is 24.3 Å². The Hall–Kier alpha value is -2.36. The fourth-order valence-corrected chi connectivity index (χ4v) is 1.81. The first kappa shape index (κ1) is 9.84. The summed E-state index contributed by atoms with van der Waals surface area (Å²) in [5.74, 6) is -0.468. The minimum absolute atomic E-state index is 0.468. The molecule has 0 spiro atoms. The fourth-order valence-electron chi connectivity index (χ4n) is 1.81. The van der Waals surface area contributed by atoms with E-state index in [0.717, 1.165) is 12.0 Å². The highest BCUT2D eigenvalue weighted by molar-refractivity contribution is 5.67. The number of aromatic nitrogens is 2. The Bertz CT molecular complexity index is 698. The van der Waals surface area contributed by atoms with Gasteiger partial charge in [0, 0.05) is 6.20 Å². The summed E-state index contributed by atoms with van der Waals surface area (Å²) < 4.78 is 4.97. The van der Waals surface area contributed by atoms with Crippen molar-refractivity contribution in [1.82, 2.24) is 9.97 Å². The molecule has 0 fully saturated rings. The van der Waals surface area contributed by atoms with Gasteiger partial charge < -0.3 is 4.42 Å². The van der Waals surface area contributed by atoms with Gasteiger partial charge in [-0.1, -0.05) is 30.3 Å². The van der Waals surface area contributed by atoms with Crippen molar-refractivity contribution in [3.63, 3.8) is 0 Å². The van der Waals surface area contributed by atoms with Gasteiger partial charge in [0.1, 0.15) is 0 Å². The van der Waals surface area contributed by atoms with Crippen LogP contribution in [-0.2, 0) is 6.42 Å². The zero-order valence-electron chi connectivity index (χ0n) is 9.01. The van der Waals surface area contributed by atoms with Crippen LogP contribution in [0.2, 0.25) is 0 Å². The molecule has 3 rings (SSSR count). The summed E-state index contributed by atoms with van der Waals surface area (Å²) in [4.78, 5) is 17.7. The summed E-state index contributed by atoms with van der Waals surface area (Å²) in [7, 11) is 0. The number of hydrogen-bond donors (Lipinski definition) is 1. The molecule has 0 unspecified atom stereocenters. The Morgan fingerprint density at radius 2 is 2.00 bits per heavy atom. The van der Waals surface area contributed by atoms with Crippen molar-refractivity contribution in [2.24, 2.45) is 0 Å². The summed E-state index contributed by atoms with van der Waals surface area (Å²) in [6.45, 7) is 0. The molecule has 0 amide bonds. The van der Waals surface area contributed by atoms with E-state index in [9.17, 15) is 4.79 Å². The molecule has 84 valence electrons. The van der Waals surface area contributed by atoms with Crippen molar-refractivity contribution in [3.05, 3.63) is 64.3 Å². The Labute approximate surface area is 96.9 Å². The van der Waals surface area contributed by atoms with Gasteiger partial charge in [0.15, 0.2) is 11.2 Å². The van der Waals surface area contributed by atoms with E-state index in [-0.39, 0.29) is 0 Å². The zero-order valence-corrected chi connectivity index (χ0v) is 9.01. The number of nitrogens with zero attached hydrogens (tertiary/aromatic N) is 1. The van der Waals surface area contributed by atoms with E-state index in [1.54, 1.807) is 6.20 Å². The predicted molar refractivity (Wildman–Crippen MR) is 63.9 cm³/mol. The standard InChI is InChI=1S/C13H10N2O2/c16-13-15-12-11(17-13)7-10(8-14-12)6-9-4-2-1-3-5-9/h1-5,7-8H,6H2,(H,14,15,16). The van der Waals surface area contributed by atoms with Gasteiger partial charge in [0.25, 0.3) is 0 Å². The SMILES string of the molecule is O=c1[nH]c2ncc(Cc3ccccc3)cc2o1. The number of benzene rings is 1. The van der Waals surface area contributed by atoms with Crippen LogP contribution in [0.15, 0.2) is 51.8 Å². The molecule has 1 aromatic carbocycles. The zero-order chi connectivity index (χ0) is 11.7. The van der Waals surface area contributed by atoms with E-state index in [1.165, 1.54) is 5.56 Å². The van der Waals surface area contributed by atoms with Crippen LogP contribution in [0, 0.1) is 0 Å². The van der Waals surface area contributed by atoms with Gasteiger partial charge in [0.2, 0.25) is 0 Å². The summed E-state index contributed by atoms with van der Waals surface area (Å²) in [5, 5.41) is 0. The molecule has 0 aliphatic carbocycles. The van der Waals surface area contributed by atoms with Crippen molar-refractivity contribution in [3.8, 4) is 0 Å².